The molecule has 240 valence electrons. The molecule has 0 bridgehead atoms. The fourth-order valence-electron chi connectivity index (χ4n) is 5.48. The number of anilines is 1. The number of amidine groups is 1. The molecule has 44 heavy (non-hydrogen) atoms. The smallest absolute Gasteiger partial charge is 0.332 e. The SMILES string of the molecule is CCOC(=O)COC1CCN(c2cc(C(=O)CN3Cc4cc(OCC)c(C(=O)NC)cc4C3=N)cc(C(C)(C)C)c2O)C1.Cl. The van der Waals surface area contributed by atoms with E-state index in [0.717, 1.165) is 5.56 Å². The molecule has 4 rings (SSSR count). The van der Waals surface area contributed by atoms with Gasteiger partial charge in [0, 0.05) is 43.4 Å². The molecule has 1 atom stereocenters. The molecule has 2 heterocycles. The van der Waals surface area contributed by atoms with E-state index in [9.17, 15) is 19.5 Å². The number of phenols is 1. The number of halogens is 1. The van der Waals surface area contributed by atoms with Crippen LogP contribution in [0.2, 0.25) is 0 Å². The summed E-state index contributed by atoms with van der Waals surface area (Å²) in [6, 6.07) is 6.85. The Morgan fingerprint density at radius 3 is 2.48 bits per heavy atom. The molecule has 1 fully saturated rings. The number of carbonyl (C=O) groups excluding carboxylic acids is 3. The molecular formula is C32H43ClN4O7. The Hall–Kier alpha value is -3.83. The van der Waals surface area contributed by atoms with E-state index in [2.05, 4.69) is 5.32 Å². The number of carbonyl (C=O) groups is 3. The van der Waals surface area contributed by atoms with Crippen molar-refractivity contribution in [2.24, 2.45) is 0 Å². The molecule has 2 aromatic rings. The van der Waals surface area contributed by atoms with Gasteiger partial charge in [-0.1, -0.05) is 20.8 Å². The van der Waals surface area contributed by atoms with Crippen LogP contribution in [0, 0.1) is 5.41 Å². The Morgan fingerprint density at radius 2 is 1.84 bits per heavy atom. The van der Waals surface area contributed by atoms with Crippen LogP contribution in [-0.2, 0) is 26.2 Å². The molecule has 1 saturated heterocycles. The molecule has 12 heteroatoms. The second-order valence-electron chi connectivity index (χ2n) is 11.8. The average Bonchev–Trinajstić information content (AvgIpc) is 3.55. The Balaban J connectivity index is 0.00000529. The molecule has 1 unspecified atom stereocenters. The number of nitrogens with zero attached hydrogens (tertiary/aromatic N) is 2. The molecule has 0 aliphatic carbocycles. The van der Waals surface area contributed by atoms with Crippen LogP contribution >= 0.6 is 12.4 Å². The van der Waals surface area contributed by atoms with Gasteiger partial charge in [-0.15, -0.1) is 12.4 Å². The maximum Gasteiger partial charge on any atom is 0.332 e. The number of phenolic OH excluding ortho intramolecular Hbond substituents is 1. The van der Waals surface area contributed by atoms with Gasteiger partial charge in [0.25, 0.3) is 5.91 Å². The number of hydrogen-bond acceptors (Lipinski definition) is 9. The van der Waals surface area contributed by atoms with Crippen molar-refractivity contribution in [1.82, 2.24) is 10.2 Å². The largest absolute Gasteiger partial charge is 0.505 e. The lowest BCUT2D eigenvalue weighted by Crippen LogP contribution is -2.31. The predicted octanol–water partition coefficient (Wildman–Crippen LogP) is 4.05. The quantitative estimate of drug-likeness (QED) is 0.248. The second kappa shape index (κ2) is 14.3. The number of ether oxygens (including phenoxy) is 3. The highest BCUT2D eigenvalue weighted by Crippen LogP contribution is 2.41. The van der Waals surface area contributed by atoms with Crippen molar-refractivity contribution >= 4 is 41.6 Å². The number of rotatable bonds is 11. The molecule has 11 nitrogen and oxygen atoms in total. The van der Waals surface area contributed by atoms with E-state index in [4.69, 9.17) is 19.6 Å². The van der Waals surface area contributed by atoms with Crippen LogP contribution in [0.3, 0.4) is 0 Å². The normalized spacial score (nSPS) is 16.0. The molecular weight excluding hydrogens is 588 g/mol. The van der Waals surface area contributed by atoms with Crippen molar-refractivity contribution < 1.29 is 33.7 Å². The van der Waals surface area contributed by atoms with E-state index in [1.807, 2.05) is 32.6 Å². The minimum Gasteiger partial charge on any atom is -0.505 e. The third-order valence-corrected chi connectivity index (χ3v) is 7.69. The molecule has 2 aliphatic rings. The standard InChI is InChI=1S/C32H42N4O7.ClH/c1-7-41-27-13-20-15-36(30(33)22(20)14-23(27)31(40)34-6)17-26(37)19-11-24(32(3,4)5)29(39)25(12-19)35-10-9-21(16-35)43-18-28(38)42-8-2;/h11-14,21,33,39H,7-10,15-18H2,1-6H3,(H,34,40);1H. The van der Waals surface area contributed by atoms with Crippen LogP contribution in [0.15, 0.2) is 24.3 Å². The number of aromatic hydroxyl groups is 1. The zero-order valence-corrected chi connectivity index (χ0v) is 27.1. The van der Waals surface area contributed by atoms with Gasteiger partial charge in [-0.2, -0.15) is 0 Å². The maximum atomic E-state index is 13.7. The van der Waals surface area contributed by atoms with Crippen molar-refractivity contribution in [3.63, 3.8) is 0 Å². The maximum absolute atomic E-state index is 13.7. The molecule has 1 amide bonds. The van der Waals surface area contributed by atoms with Gasteiger partial charge in [0.05, 0.1) is 37.1 Å². The average molecular weight is 631 g/mol. The van der Waals surface area contributed by atoms with Crippen molar-refractivity contribution in [3.8, 4) is 11.5 Å². The number of esters is 1. The first-order valence-electron chi connectivity index (χ1n) is 14.7. The lowest BCUT2D eigenvalue weighted by Gasteiger charge is -2.27. The number of nitrogens with one attached hydrogen (secondary N) is 2. The highest BCUT2D eigenvalue weighted by molar-refractivity contribution is 6.08. The Labute approximate surface area is 264 Å². The van der Waals surface area contributed by atoms with Crippen molar-refractivity contribution in [2.75, 3.05) is 51.4 Å². The topological polar surface area (TPSA) is 141 Å². The van der Waals surface area contributed by atoms with Crippen molar-refractivity contribution in [1.29, 1.82) is 5.41 Å². The number of ketones is 1. The van der Waals surface area contributed by atoms with E-state index in [-0.39, 0.29) is 61.5 Å². The lowest BCUT2D eigenvalue weighted by molar-refractivity contribution is -0.150. The Bertz CT molecular complexity index is 1420. The van der Waals surface area contributed by atoms with Gasteiger partial charge in [-0.25, -0.2) is 4.79 Å². The summed E-state index contributed by atoms with van der Waals surface area (Å²) in [5, 5.41) is 22.7. The van der Waals surface area contributed by atoms with Gasteiger partial charge in [0.2, 0.25) is 0 Å². The summed E-state index contributed by atoms with van der Waals surface area (Å²) in [4.78, 5) is 41.6. The van der Waals surface area contributed by atoms with Crippen LogP contribution in [0.4, 0.5) is 5.69 Å². The first-order valence-corrected chi connectivity index (χ1v) is 14.7. The number of fused-ring (bicyclic) bond motifs is 1. The van der Waals surface area contributed by atoms with Crippen LogP contribution in [0.25, 0.3) is 0 Å². The van der Waals surface area contributed by atoms with Crippen LogP contribution in [0.5, 0.6) is 11.5 Å². The summed E-state index contributed by atoms with van der Waals surface area (Å²) in [7, 11) is 1.54. The number of benzene rings is 2. The summed E-state index contributed by atoms with van der Waals surface area (Å²) in [6.45, 7) is 11.4. The van der Waals surface area contributed by atoms with Gasteiger partial charge in [-0.3, -0.25) is 15.0 Å². The molecule has 2 aliphatic heterocycles. The summed E-state index contributed by atoms with van der Waals surface area (Å²) >= 11 is 0. The summed E-state index contributed by atoms with van der Waals surface area (Å²) in [5.74, 6) is -0.213. The fourth-order valence-corrected chi connectivity index (χ4v) is 5.48. The van der Waals surface area contributed by atoms with Crippen LogP contribution in [0.1, 0.15) is 78.4 Å². The number of amides is 1. The van der Waals surface area contributed by atoms with Gasteiger partial charge in [0.15, 0.2) is 5.78 Å². The van der Waals surface area contributed by atoms with Crippen molar-refractivity contribution in [3.05, 3.63) is 52.1 Å². The Kier molecular flexibility index (Phi) is 11.3. The molecule has 3 N–H and O–H groups in total. The van der Waals surface area contributed by atoms with E-state index >= 15 is 0 Å². The third-order valence-electron chi connectivity index (χ3n) is 7.69. The number of hydrogen-bond donors (Lipinski definition) is 3. The fraction of sp³-hybridized carbons (Fsp3) is 0.500. The zero-order chi connectivity index (χ0) is 31.5. The van der Waals surface area contributed by atoms with Crippen LogP contribution < -0.4 is 15.0 Å². The van der Waals surface area contributed by atoms with Gasteiger partial charge >= 0.3 is 5.97 Å². The second-order valence-corrected chi connectivity index (χ2v) is 11.8. The van der Waals surface area contributed by atoms with Gasteiger partial charge in [0.1, 0.15) is 23.9 Å². The van der Waals surface area contributed by atoms with Gasteiger partial charge in [-0.05, 0) is 55.5 Å². The van der Waals surface area contributed by atoms with E-state index < -0.39 is 11.4 Å². The van der Waals surface area contributed by atoms with Gasteiger partial charge < -0.3 is 34.4 Å². The zero-order valence-electron chi connectivity index (χ0n) is 26.2. The lowest BCUT2D eigenvalue weighted by atomic mass is 9.84. The highest BCUT2D eigenvalue weighted by Gasteiger charge is 2.32. The van der Waals surface area contributed by atoms with Crippen molar-refractivity contribution in [2.45, 2.75) is 59.1 Å². The van der Waals surface area contributed by atoms with E-state index in [1.165, 1.54) is 7.05 Å². The minimum absolute atomic E-state index is 0. The minimum atomic E-state index is -0.447. The molecule has 0 radical (unpaired) electrons. The van der Waals surface area contributed by atoms with Crippen LogP contribution in [-0.4, -0.2) is 86.1 Å². The highest BCUT2D eigenvalue weighted by atomic mass is 35.5. The summed E-state index contributed by atoms with van der Waals surface area (Å²) in [6.07, 6.45) is 0.443. The predicted molar refractivity (Wildman–Crippen MR) is 170 cm³/mol. The molecule has 0 saturated carbocycles. The first kappa shape index (κ1) is 34.7. The summed E-state index contributed by atoms with van der Waals surface area (Å²) in [5.41, 5.74) is 2.89. The number of Topliss-reactive ketones (excluding diaryl/α,β-unsaturated/α-hetero) is 1. The van der Waals surface area contributed by atoms with E-state index in [1.54, 1.807) is 36.1 Å². The summed E-state index contributed by atoms with van der Waals surface area (Å²) < 4.78 is 16.4. The Morgan fingerprint density at radius 1 is 1.11 bits per heavy atom. The van der Waals surface area contributed by atoms with E-state index in [0.29, 0.717) is 66.4 Å². The third kappa shape index (κ3) is 7.44. The molecule has 0 spiro atoms. The first-order chi connectivity index (χ1) is 20.4. The monoisotopic (exact) mass is 630 g/mol. The molecule has 2 aromatic carbocycles. The molecule has 0 aromatic heterocycles.